The number of hydrogen-bond acceptors (Lipinski definition) is 2. The van der Waals surface area contributed by atoms with Crippen LogP contribution in [0.3, 0.4) is 0 Å². The van der Waals surface area contributed by atoms with Gasteiger partial charge in [0.05, 0.1) is 0 Å². The van der Waals surface area contributed by atoms with E-state index in [1.165, 1.54) is 0 Å². The van der Waals surface area contributed by atoms with Crippen molar-refractivity contribution in [3.8, 4) is 0 Å². The fourth-order valence-corrected chi connectivity index (χ4v) is 4.02. The summed E-state index contributed by atoms with van der Waals surface area (Å²) in [5.41, 5.74) is -0.677. The molecular formula is C12H16BrF2NO2S. The minimum absolute atomic E-state index is 0.539. The van der Waals surface area contributed by atoms with E-state index in [9.17, 15) is 17.2 Å². The second-order valence-corrected chi connectivity index (χ2v) is 6.98. The monoisotopic (exact) mass is 355 g/mol. The zero-order valence-electron chi connectivity index (χ0n) is 10.7. The third-order valence-electron chi connectivity index (χ3n) is 2.99. The number of benzene rings is 1. The molecule has 108 valence electrons. The molecule has 1 rings (SSSR count). The van der Waals surface area contributed by atoms with E-state index in [1.54, 1.807) is 6.92 Å². The van der Waals surface area contributed by atoms with Crippen molar-refractivity contribution in [1.82, 2.24) is 4.72 Å². The highest BCUT2D eigenvalue weighted by Crippen LogP contribution is 2.22. The molecule has 0 amide bonds. The first kappa shape index (κ1) is 16.5. The van der Waals surface area contributed by atoms with Gasteiger partial charge >= 0.3 is 0 Å². The predicted molar refractivity (Wildman–Crippen MR) is 73.8 cm³/mol. The number of sulfonamides is 1. The van der Waals surface area contributed by atoms with Gasteiger partial charge in [-0.2, -0.15) is 0 Å². The Hall–Kier alpha value is -0.530. The Morgan fingerprint density at radius 3 is 2.47 bits per heavy atom. The van der Waals surface area contributed by atoms with E-state index < -0.39 is 32.1 Å². The predicted octanol–water partition coefficient (Wildman–Crippen LogP) is 3.20. The summed E-state index contributed by atoms with van der Waals surface area (Å²) in [6, 6.07) is 2.41. The molecule has 0 aromatic heterocycles. The number of halogens is 3. The maximum atomic E-state index is 13.5. The zero-order valence-corrected chi connectivity index (χ0v) is 13.1. The highest BCUT2D eigenvalue weighted by atomic mass is 79.9. The van der Waals surface area contributed by atoms with E-state index >= 15 is 0 Å². The van der Waals surface area contributed by atoms with Crippen LogP contribution >= 0.6 is 15.9 Å². The van der Waals surface area contributed by atoms with Crippen LogP contribution in [-0.2, 0) is 10.0 Å². The summed E-state index contributed by atoms with van der Waals surface area (Å²) in [6.07, 6.45) is 1.12. The first-order valence-electron chi connectivity index (χ1n) is 5.79. The van der Waals surface area contributed by atoms with Crippen LogP contribution in [0.15, 0.2) is 23.1 Å². The summed E-state index contributed by atoms with van der Waals surface area (Å²) in [5, 5.41) is 0.617. The van der Waals surface area contributed by atoms with Gasteiger partial charge in [-0.3, -0.25) is 0 Å². The highest BCUT2D eigenvalue weighted by Gasteiger charge is 2.30. The van der Waals surface area contributed by atoms with Gasteiger partial charge in [0.1, 0.15) is 16.5 Å². The Balaban J connectivity index is 3.10. The molecule has 1 aromatic rings. The molecule has 0 fully saturated rings. The van der Waals surface area contributed by atoms with Crippen LogP contribution in [0.5, 0.6) is 0 Å². The van der Waals surface area contributed by atoms with Gasteiger partial charge in [0.15, 0.2) is 0 Å². The molecule has 1 N–H and O–H groups in total. The summed E-state index contributed by atoms with van der Waals surface area (Å²) in [4.78, 5) is -0.539. The van der Waals surface area contributed by atoms with Gasteiger partial charge in [0, 0.05) is 16.9 Å². The summed E-state index contributed by atoms with van der Waals surface area (Å²) in [7, 11) is -4.01. The minimum Gasteiger partial charge on any atom is -0.207 e. The maximum Gasteiger partial charge on any atom is 0.243 e. The quantitative estimate of drug-likeness (QED) is 0.796. The smallest absolute Gasteiger partial charge is 0.207 e. The molecule has 7 heteroatoms. The second-order valence-electron chi connectivity index (χ2n) is 4.53. The largest absolute Gasteiger partial charge is 0.243 e. The van der Waals surface area contributed by atoms with Gasteiger partial charge < -0.3 is 0 Å². The van der Waals surface area contributed by atoms with E-state index in [0.29, 0.717) is 24.2 Å². The lowest BCUT2D eigenvalue weighted by atomic mass is 9.98. The van der Waals surface area contributed by atoms with E-state index in [1.807, 2.05) is 6.92 Å². The molecular weight excluding hydrogens is 340 g/mol. The molecule has 0 spiro atoms. The standard InChI is InChI=1S/C12H16BrF2NO2S/c1-3-12(2,6-7-13)16-19(17,18)11-5-4-9(14)8-10(11)15/h4-5,8,16H,3,6-7H2,1-2H3. The van der Waals surface area contributed by atoms with Gasteiger partial charge in [0.2, 0.25) is 10.0 Å². The second kappa shape index (κ2) is 6.28. The third kappa shape index (κ3) is 4.22. The molecule has 0 aliphatic rings. The molecule has 1 aromatic carbocycles. The van der Waals surface area contributed by atoms with Crippen molar-refractivity contribution >= 4 is 26.0 Å². The Morgan fingerprint density at radius 1 is 1.37 bits per heavy atom. The molecule has 0 saturated heterocycles. The molecule has 19 heavy (non-hydrogen) atoms. The number of nitrogens with one attached hydrogen (secondary N) is 1. The van der Waals surface area contributed by atoms with Gasteiger partial charge in [0.25, 0.3) is 0 Å². The van der Waals surface area contributed by atoms with Crippen molar-refractivity contribution in [2.45, 2.75) is 37.1 Å². The minimum atomic E-state index is -4.01. The van der Waals surface area contributed by atoms with Crippen LogP contribution in [-0.4, -0.2) is 19.3 Å². The SMILES string of the molecule is CCC(C)(CCBr)NS(=O)(=O)c1ccc(F)cc1F. The summed E-state index contributed by atoms with van der Waals surface area (Å²) in [6.45, 7) is 3.58. The Bertz CT molecular complexity index is 551. The molecule has 0 saturated carbocycles. The first-order valence-corrected chi connectivity index (χ1v) is 8.39. The van der Waals surface area contributed by atoms with Crippen molar-refractivity contribution in [3.05, 3.63) is 29.8 Å². The highest BCUT2D eigenvalue weighted by molar-refractivity contribution is 9.09. The van der Waals surface area contributed by atoms with Crippen molar-refractivity contribution < 1.29 is 17.2 Å². The Labute approximate surface area is 120 Å². The van der Waals surface area contributed by atoms with E-state index in [-0.39, 0.29) is 0 Å². The average molecular weight is 356 g/mol. The van der Waals surface area contributed by atoms with Crippen molar-refractivity contribution in [3.63, 3.8) is 0 Å². The zero-order chi connectivity index (χ0) is 14.7. The van der Waals surface area contributed by atoms with Crippen molar-refractivity contribution in [2.24, 2.45) is 0 Å². The molecule has 0 bridgehead atoms. The molecule has 1 atom stereocenters. The fourth-order valence-electron chi connectivity index (χ4n) is 1.58. The molecule has 0 heterocycles. The normalized spacial score (nSPS) is 15.2. The van der Waals surface area contributed by atoms with Crippen LogP contribution in [0.1, 0.15) is 26.7 Å². The lowest BCUT2D eigenvalue weighted by molar-refractivity contribution is 0.391. The average Bonchev–Trinajstić information content (AvgIpc) is 2.27. The topological polar surface area (TPSA) is 46.2 Å². The lowest BCUT2D eigenvalue weighted by Crippen LogP contribution is -2.45. The van der Waals surface area contributed by atoms with Gasteiger partial charge in [-0.25, -0.2) is 21.9 Å². The molecule has 3 nitrogen and oxygen atoms in total. The molecule has 0 aliphatic heterocycles. The van der Waals surface area contributed by atoms with Crippen molar-refractivity contribution in [2.75, 3.05) is 5.33 Å². The van der Waals surface area contributed by atoms with E-state index in [4.69, 9.17) is 0 Å². The van der Waals surface area contributed by atoms with Gasteiger partial charge in [-0.05, 0) is 31.9 Å². The number of hydrogen-bond donors (Lipinski definition) is 1. The van der Waals surface area contributed by atoms with Crippen LogP contribution < -0.4 is 4.72 Å². The molecule has 1 unspecified atom stereocenters. The lowest BCUT2D eigenvalue weighted by Gasteiger charge is -2.28. The number of alkyl halides is 1. The fraction of sp³-hybridized carbons (Fsp3) is 0.500. The third-order valence-corrected chi connectivity index (χ3v) is 5.06. The van der Waals surface area contributed by atoms with Crippen LogP contribution in [0.4, 0.5) is 8.78 Å². The molecule has 0 radical (unpaired) electrons. The first-order chi connectivity index (χ1) is 8.74. The maximum absolute atomic E-state index is 13.5. The van der Waals surface area contributed by atoms with Crippen LogP contribution in [0.25, 0.3) is 0 Å². The van der Waals surface area contributed by atoms with Crippen LogP contribution in [0, 0.1) is 11.6 Å². The van der Waals surface area contributed by atoms with Crippen molar-refractivity contribution in [1.29, 1.82) is 0 Å². The summed E-state index contributed by atoms with van der Waals surface area (Å²) < 4.78 is 53.1. The Kier molecular flexibility index (Phi) is 5.46. The van der Waals surface area contributed by atoms with Gasteiger partial charge in [-0.1, -0.05) is 22.9 Å². The molecule has 0 aliphatic carbocycles. The van der Waals surface area contributed by atoms with E-state index in [2.05, 4.69) is 20.7 Å². The van der Waals surface area contributed by atoms with Gasteiger partial charge in [-0.15, -0.1) is 0 Å². The van der Waals surface area contributed by atoms with Crippen LogP contribution in [0.2, 0.25) is 0 Å². The Morgan fingerprint density at radius 2 is 2.00 bits per heavy atom. The number of rotatable bonds is 6. The van der Waals surface area contributed by atoms with E-state index in [0.717, 1.165) is 12.1 Å². The summed E-state index contributed by atoms with van der Waals surface area (Å²) in [5.74, 6) is -1.90. The summed E-state index contributed by atoms with van der Waals surface area (Å²) >= 11 is 3.26.